The third-order valence-electron chi connectivity index (χ3n) is 5.75. The number of hydrogen-bond donors (Lipinski definition) is 1. The molecule has 1 fully saturated rings. The Hall–Kier alpha value is -2.16. The van der Waals surface area contributed by atoms with Gasteiger partial charge in [-0.05, 0) is 63.2 Å². The van der Waals surface area contributed by atoms with Crippen LogP contribution in [0.25, 0.3) is 0 Å². The van der Waals surface area contributed by atoms with Crippen LogP contribution in [0, 0.1) is 0 Å². The minimum Gasteiger partial charge on any atom is -0.468 e. The molecule has 8 heteroatoms. The first kappa shape index (κ1) is 23.5. The molecule has 1 amide bonds. The van der Waals surface area contributed by atoms with Gasteiger partial charge in [-0.15, -0.1) is 0 Å². The highest BCUT2D eigenvalue weighted by molar-refractivity contribution is 7.89. The van der Waals surface area contributed by atoms with E-state index in [-0.39, 0.29) is 11.9 Å². The van der Waals surface area contributed by atoms with E-state index in [0.717, 1.165) is 37.0 Å². The van der Waals surface area contributed by atoms with Crippen LogP contribution < -0.4 is 5.32 Å². The lowest BCUT2D eigenvalue weighted by Gasteiger charge is -2.22. The van der Waals surface area contributed by atoms with E-state index in [1.165, 1.54) is 0 Å². The number of hydrogen-bond acceptors (Lipinski definition) is 5. The van der Waals surface area contributed by atoms with E-state index in [1.54, 1.807) is 22.7 Å². The lowest BCUT2D eigenvalue weighted by atomic mass is 10.1. The van der Waals surface area contributed by atoms with E-state index in [9.17, 15) is 13.2 Å². The molecule has 0 saturated carbocycles. The molecular weight excluding hydrogens is 414 g/mol. The molecule has 7 nitrogen and oxygen atoms in total. The fourth-order valence-electron chi connectivity index (χ4n) is 3.83. The highest BCUT2D eigenvalue weighted by Gasteiger charge is 2.25. The van der Waals surface area contributed by atoms with Gasteiger partial charge in [0.15, 0.2) is 0 Å². The monoisotopic (exact) mass is 447 g/mol. The average Bonchev–Trinajstić information content (AvgIpc) is 3.12. The van der Waals surface area contributed by atoms with E-state index in [0.29, 0.717) is 37.4 Å². The Balaban J connectivity index is 1.51. The number of sulfonamides is 1. The summed E-state index contributed by atoms with van der Waals surface area (Å²) in [5.74, 6) is 0.770. The highest BCUT2D eigenvalue weighted by Crippen LogP contribution is 2.21. The number of likely N-dealkylation sites (N-methyl/N-ethyl adjacent to an activating group) is 1. The van der Waals surface area contributed by atoms with Crippen molar-refractivity contribution in [2.24, 2.45) is 0 Å². The molecule has 1 aromatic heterocycles. The van der Waals surface area contributed by atoms with Crippen LogP contribution in [0.4, 0.5) is 0 Å². The van der Waals surface area contributed by atoms with Crippen LogP contribution in [0.3, 0.4) is 0 Å². The molecule has 0 radical (unpaired) electrons. The number of furan rings is 1. The molecule has 1 N–H and O–H groups in total. The molecule has 0 bridgehead atoms. The zero-order valence-electron chi connectivity index (χ0n) is 18.4. The van der Waals surface area contributed by atoms with Crippen molar-refractivity contribution < 1.29 is 17.6 Å². The standard InChI is InChI=1S/C23H33N3O4S/c1-25(2)21(22-8-7-17-30-22)18-24-23(27)14-11-19-9-12-20(13-10-19)31(28,29)26-15-5-3-4-6-16-26/h7-10,12-13,17,21H,3-6,11,14-16,18H2,1-2H3,(H,24,27). The smallest absolute Gasteiger partial charge is 0.243 e. The molecule has 1 aliphatic heterocycles. The molecule has 0 spiro atoms. The van der Waals surface area contributed by atoms with Gasteiger partial charge in [0.2, 0.25) is 15.9 Å². The Kier molecular flexibility index (Phi) is 8.28. The Morgan fingerprint density at radius 3 is 2.35 bits per heavy atom. The third kappa shape index (κ3) is 6.41. The van der Waals surface area contributed by atoms with Gasteiger partial charge in [-0.1, -0.05) is 25.0 Å². The van der Waals surface area contributed by atoms with E-state index in [4.69, 9.17) is 4.42 Å². The normalized spacial score (nSPS) is 16.7. The fraction of sp³-hybridized carbons (Fsp3) is 0.522. The minimum absolute atomic E-state index is 0.0255. The number of aryl methyl sites for hydroxylation is 1. The second kappa shape index (κ2) is 10.9. The summed E-state index contributed by atoms with van der Waals surface area (Å²) < 4.78 is 32.8. The van der Waals surface area contributed by atoms with Gasteiger partial charge in [-0.2, -0.15) is 4.31 Å². The second-order valence-corrected chi connectivity index (χ2v) is 10.2. The van der Waals surface area contributed by atoms with Crippen LogP contribution >= 0.6 is 0 Å². The number of carbonyl (C=O) groups excluding carboxylic acids is 1. The van der Waals surface area contributed by atoms with Gasteiger partial charge >= 0.3 is 0 Å². The van der Waals surface area contributed by atoms with Crippen molar-refractivity contribution in [3.63, 3.8) is 0 Å². The van der Waals surface area contributed by atoms with Crippen molar-refractivity contribution in [1.82, 2.24) is 14.5 Å². The number of rotatable bonds is 9. The van der Waals surface area contributed by atoms with Gasteiger partial charge in [0.25, 0.3) is 0 Å². The van der Waals surface area contributed by atoms with Crippen molar-refractivity contribution in [2.75, 3.05) is 33.7 Å². The maximum atomic E-state index is 12.9. The summed E-state index contributed by atoms with van der Waals surface area (Å²) in [4.78, 5) is 14.6. The van der Waals surface area contributed by atoms with Gasteiger partial charge < -0.3 is 9.73 Å². The zero-order valence-corrected chi connectivity index (χ0v) is 19.2. The van der Waals surface area contributed by atoms with Gasteiger partial charge in [0.1, 0.15) is 5.76 Å². The molecule has 3 rings (SSSR count). The summed E-state index contributed by atoms with van der Waals surface area (Å²) in [6.45, 7) is 1.65. The fourth-order valence-corrected chi connectivity index (χ4v) is 5.35. The largest absolute Gasteiger partial charge is 0.468 e. The van der Waals surface area contributed by atoms with Gasteiger partial charge in [-0.25, -0.2) is 8.42 Å². The van der Waals surface area contributed by atoms with Crippen molar-refractivity contribution in [2.45, 2.75) is 49.5 Å². The number of carbonyl (C=O) groups is 1. The average molecular weight is 448 g/mol. The Bertz CT molecular complexity index is 916. The minimum atomic E-state index is -3.44. The molecule has 170 valence electrons. The van der Waals surface area contributed by atoms with Crippen LogP contribution in [0.1, 0.15) is 49.5 Å². The predicted octanol–water partition coefficient (Wildman–Crippen LogP) is 3.20. The van der Waals surface area contributed by atoms with Crippen molar-refractivity contribution in [3.05, 3.63) is 54.0 Å². The Labute approximate surface area is 185 Å². The van der Waals surface area contributed by atoms with Gasteiger partial charge in [0, 0.05) is 26.1 Å². The lowest BCUT2D eigenvalue weighted by Crippen LogP contribution is -2.34. The molecule has 1 aliphatic rings. The number of nitrogens with one attached hydrogen (secondary N) is 1. The topological polar surface area (TPSA) is 82.9 Å². The summed E-state index contributed by atoms with van der Waals surface area (Å²) in [5, 5.41) is 2.96. The number of benzene rings is 1. The summed E-state index contributed by atoms with van der Waals surface area (Å²) in [6.07, 6.45) is 6.54. The third-order valence-corrected chi connectivity index (χ3v) is 7.67. The van der Waals surface area contributed by atoms with Crippen molar-refractivity contribution in [1.29, 1.82) is 0 Å². The summed E-state index contributed by atoms with van der Waals surface area (Å²) >= 11 is 0. The molecular formula is C23H33N3O4S. The molecule has 1 atom stereocenters. The molecule has 31 heavy (non-hydrogen) atoms. The molecule has 2 aromatic rings. The summed E-state index contributed by atoms with van der Waals surface area (Å²) in [7, 11) is 0.449. The summed E-state index contributed by atoms with van der Waals surface area (Å²) in [6, 6.07) is 10.6. The van der Waals surface area contributed by atoms with E-state index in [2.05, 4.69) is 5.32 Å². The van der Waals surface area contributed by atoms with Crippen LogP contribution in [0.5, 0.6) is 0 Å². The molecule has 1 aromatic carbocycles. The predicted molar refractivity (Wildman–Crippen MR) is 120 cm³/mol. The van der Waals surface area contributed by atoms with Crippen LogP contribution in [-0.2, 0) is 21.2 Å². The van der Waals surface area contributed by atoms with E-state index >= 15 is 0 Å². The molecule has 2 heterocycles. The van der Waals surface area contributed by atoms with Crippen molar-refractivity contribution in [3.8, 4) is 0 Å². The van der Waals surface area contributed by atoms with Crippen LogP contribution in [-0.4, -0.2) is 57.3 Å². The maximum absolute atomic E-state index is 12.9. The van der Waals surface area contributed by atoms with E-state index < -0.39 is 10.0 Å². The number of amides is 1. The first-order valence-corrected chi connectivity index (χ1v) is 12.4. The highest BCUT2D eigenvalue weighted by atomic mass is 32.2. The van der Waals surface area contributed by atoms with Gasteiger partial charge in [-0.3, -0.25) is 9.69 Å². The maximum Gasteiger partial charge on any atom is 0.243 e. The molecule has 1 unspecified atom stereocenters. The molecule has 1 saturated heterocycles. The second-order valence-electron chi connectivity index (χ2n) is 8.26. The van der Waals surface area contributed by atoms with Crippen LogP contribution in [0.2, 0.25) is 0 Å². The Morgan fingerprint density at radius 2 is 1.77 bits per heavy atom. The van der Waals surface area contributed by atoms with E-state index in [1.807, 2.05) is 43.3 Å². The zero-order chi connectivity index (χ0) is 22.3. The summed E-state index contributed by atoms with van der Waals surface area (Å²) in [5.41, 5.74) is 0.945. The quantitative estimate of drug-likeness (QED) is 0.638. The first-order chi connectivity index (χ1) is 14.9. The van der Waals surface area contributed by atoms with Crippen molar-refractivity contribution >= 4 is 15.9 Å². The molecule has 0 aliphatic carbocycles. The van der Waals surface area contributed by atoms with Crippen LogP contribution in [0.15, 0.2) is 52.0 Å². The first-order valence-electron chi connectivity index (χ1n) is 10.9. The van der Waals surface area contributed by atoms with Gasteiger partial charge in [0.05, 0.1) is 17.2 Å². The lowest BCUT2D eigenvalue weighted by molar-refractivity contribution is -0.121. The number of nitrogens with zero attached hydrogens (tertiary/aromatic N) is 2. The Morgan fingerprint density at radius 1 is 1.10 bits per heavy atom. The SMILES string of the molecule is CN(C)C(CNC(=O)CCc1ccc(S(=O)(=O)N2CCCCCC2)cc1)c1ccco1.